The Morgan fingerprint density at radius 1 is 1.48 bits per heavy atom. The molecule has 0 spiro atoms. The van der Waals surface area contributed by atoms with Crippen LogP contribution in [0.15, 0.2) is 30.6 Å². The number of nitro groups is 1. The topological polar surface area (TPSA) is 101 Å². The van der Waals surface area contributed by atoms with E-state index in [1.807, 2.05) is 6.92 Å². The van der Waals surface area contributed by atoms with Crippen LogP contribution < -0.4 is 5.32 Å². The van der Waals surface area contributed by atoms with E-state index in [9.17, 15) is 14.9 Å². The molecule has 1 aromatic heterocycles. The molecule has 110 valence electrons. The van der Waals surface area contributed by atoms with Crippen molar-refractivity contribution in [2.45, 2.75) is 26.3 Å². The van der Waals surface area contributed by atoms with E-state index in [2.05, 4.69) is 15.3 Å². The average molecular weight is 288 g/mol. The van der Waals surface area contributed by atoms with Crippen molar-refractivity contribution in [2.24, 2.45) is 0 Å². The summed E-state index contributed by atoms with van der Waals surface area (Å²) >= 11 is 0. The maximum Gasteiger partial charge on any atom is 0.270 e. The molecule has 2 aromatic rings. The Hall–Kier alpha value is -2.70. The third kappa shape index (κ3) is 3.44. The van der Waals surface area contributed by atoms with Crippen LogP contribution in [0.4, 0.5) is 5.69 Å². The fourth-order valence-electron chi connectivity index (χ4n) is 2.07. The Morgan fingerprint density at radius 2 is 2.24 bits per heavy atom. The number of rotatable bonds is 5. The zero-order valence-electron chi connectivity index (χ0n) is 11.8. The summed E-state index contributed by atoms with van der Waals surface area (Å²) in [5, 5.41) is 13.7. The Morgan fingerprint density at radius 3 is 2.81 bits per heavy atom. The second-order valence-corrected chi connectivity index (χ2v) is 4.72. The molecule has 7 heteroatoms. The number of imidazole rings is 1. The number of H-pyrrole nitrogens is 1. The number of aromatic amines is 1. The number of nitrogens with zero attached hydrogens (tertiary/aromatic N) is 2. The van der Waals surface area contributed by atoms with Crippen LogP contribution in [0.2, 0.25) is 0 Å². The number of carbonyl (C=O) groups excluding carboxylic acids is 1. The van der Waals surface area contributed by atoms with Crippen molar-refractivity contribution in [2.75, 3.05) is 0 Å². The molecule has 7 nitrogen and oxygen atoms in total. The van der Waals surface area contributed by atoms with Crippen molar-refractivity contribution in [3.8, 4) is 0 Å². The first-order chi connectivity index (χ1) is 10.0. The smallest absolute Gasteiger partial charge is 0.270 e. The van der Waals surface area contributed by atoms with Crippen LogP contribution >= 0.6 is 0 Å². The predicted octanol–water partition coefficient (Wildman–Crippen LogP) is 2.51. The molecule has 21 heavy (non-hydrogen) atoms. The molecule has 1 unspecified atom stereocenters. The van der Waals surface area contributed by atoms with Gasteiger partial charge in [-0.1, -0.05) is 6.92 Å². The van der Waals surface area contributed by atoms with Crippen molar-refractivity contribution in [1.82, 2.24) is 15.3 Å². The summed E-state index contributed by atoms with van der Waals surface area (Å²) in [5.41, 5.74) is 0.846. The molecular formula is C14H16N4O3. The molecule has 0 aliphatic heterocycles. The number of non-ortho nitro benzene ring substituents is 1. The van der Waals surface area contributed by atoms with Gasteiger partial charge < -0.3 is 10.3 Å². The number of hydrogen-bond acceptors (Lipinski definition) is 4. The monoisotopic (exact) mass is 288 g/mol. The molecule has 0 aliphatic rings. The fourth-order valence-corrected chi connectivity index (χ4v) is 2.07. The van der Waals surface area contributed by atoms with Crippen LogP contribution in [0.3, 0.4) is 0 Å². The van der Waals surface area contributed by atoms with Crippen molar-refractivity contribution in [3.05, 3.63) is 57.7 Å². The van der Waals surface area contributed by atoms with Crippen molar-refractivity contribution in [1.29, 1.82) is 0 Å². The Balaban J connectivity index is 2.22. The van der Waals surface area contributed by atoms with Gasteiger partial charge in [0.15, 0.2) is 0 Å². The number of nitrogens with one attached hydrogen (secondary N) is 2. The van der Waals surface area contributed by atoms with Crippen LogP contribution in [-0.4, -0.2) is 20.8 Å². The van der Waals surface area contributed by atoms with E-state index >= 15 is 0 Å². The van der Waals surface area contributed by atoms with E-state index in [0.29, 0.717) is 17.8 Å². The van der Waals surface area contributed by atoms with Gasteiger partial charge in [0.05, 0.1) is 11.0 Å². The zero-order chi connectivity index (χ0) is 15.4. The van der Waals surface area contributed by atoms with E-state index in [4.69, 9.17) is 0 Å². The van der Waals surface area contributed by atoms with Gasteiger partial charge in [-0.15, -0.1) is 0 Å². The summed E-state index contributed by atoms with van der Waals surface area (Å²) in [7, 11) is 0. The SMILES string of the molecule is CCC(NC(=O)c1cc(C)cc([N+](=O)[O-])c1)c1ncc[nH]1. The number of aromatic nitrogens is 2. The van der Waals surface area contributed by atoms with Crippen LogP contribution in [0.1, 0.15) is 41.1 Å². The van der Waals surface area contributed by atoms with Crippen molar-refractivity contribution < 1.29 is 9.72 Å². The highest BCUT2D eigenvalue weighted by molar-refractivity contribution is 5.95. The lowest BCUT2D eigenvalue weighted by Crippen LogP contribution is -2.29. The number of aryl methyl sites for hydroxylation is 1. The lowest BCUT2D eigenvalue weighted by Gasteiger charge is -2.14. The van der Waals surface area contributed by atoms with E-state index < -0.39 is 4.92 Å². The van der Waals surface area contributed by atoms with E-state index in [1.165, 1.54) is 12.1 Å². The van der Waals surface area contributed by atoms with Gasteiger partial charge in [0.25, 0.3) is 11.6 Å². The van der Waals surface area contributed by atoms with Gasteiger partial charge in [-0.2, -0.15) is 0 Å². The standard InChI is InChI=1S/C14H16N4O3/c1-3-12(13-15-4-5-16-13)17-14(19)10-6-9(2)7-11(8-10)18(20)21/h4-8,12H,3H2,1-2H3,(H,15,16)(H,17,19). The third-order valence-electron chi connectivity index (χ3n) is 3.10. The Bertz CT molecular complexity index is 652. The van der Waals surface area contributed by atoms with Crippen LogP contribution in [0.25, 0.3) is 0 Å². The molecule has 1 atom stereocenters. The molecule has 0 aliphatic carbocycles. The van der Waals surface area contributed by atoms with Gasteiger partial charge in [0.1, 0.15) is 5.82 Å². The Labute approximate surface area is 121 Å². The highest BCUT2D eigenvalue weighted by Gasteiger charge is 2.18. The van der Waals surface area contributed by atoms with Gasteiger partial charge in [0.2, 0.25) is 0 Å². The number of nitro benzene ring substituents is 1. The molecule has 0 saturated carbocycles. The summed E-state index contributed by atoms with van der Waals surface area (Å²) in [6.07, 6.45) is 3.95. The van der Waals surface area contributed by atoms with Gasteiger partial charge in [0, 0.05) is 30.1 Å². The quantitative estimate of drug-likeness (QED) is 0.652. The molecule has 1 aromatic carbocycles. The highest BCUT2D eigenvalue weighted by Crippen LogP contribution is 2.18. The molecule has 1 heterocycles. The first-order valence-electron chi connectivity index (χ1n) is 6.57. The maximum atomic E-state index is 12.3. The summed E-state index contributed by atoms with van der Waals surface area (Å²) in [4.78, 5) is 29.7. The normalized spacial score (nSPS) is 11.9. The highest BCUT2D eigenvalue weighted by atomic mass is 16.6. The van der Waals surface area contributed by atoms with Gasteiger partial charge in [-0.25, -0.2) is 4.98 Å². The first kappa shape index (κ1) is 14.7. The minimum Gasteiger partial charge on any atom is -0.347 e. The minimum absolute atomic E-state index is 0.0915. The lowest BCUT2D eigenvalue weighted by molar-refractivity contribution is -0.384. The molecule has 1 amide bonds. The van der Waals surface area contributed by atoms with E-state index in [-0.39, 0.29) is 23.2 Å². The summed E-state index contributed by atoms with van der Waals surface area (Å²) in [6, 6.07) is 4.07. The van der Waals surface area contributed by atoms with Gasteiger partial charge >= 0.3 is 0 Å². The summed E-state index contributed by atoms with van der Waals surface area (Å²) < 4.78 is 0. The zero-order valence-corrected chi connectivity index (χ0v) is 11.8. The Kier molecular flexibility index (Phi) is 4.32. The average Bonchev–Trinajstić information content (AvgIpc) is 2.97. The predicted molar refractivity (Wildman–Crippen MR) is 76.9 cm³/mol. The number of carbonyl (C=O) groups is 1. The maximum absolute atomic E-state index is 12.3. The molecule has 0 saturated heterocycles. The van der Waals surface area contributed by atoms with Gasteiger partial charge in [-0.3, -0.25) is 14.9 Å². The summed E-state index contributed by atoms with van der Waals surface area (Å²) in [5.74, 6) is 0.304. The van der Waals surface area contributed by atoms with Crippen molar-refractivity contribution in [3.63, 3.8) is 0 Å². The second kappa shape index (κ2) is 6.17. The second-order valence-electron chi connectivity index (χ2n) is 4.72. The fraction of sp³-hybridized carbons (Fsp3) is 0.286. The largest absolute Gasteiger partial charge is 0.347 e. The number of benzene rings is 1. The molecule has 2 rings (SSSR count). The van der Waals surface area contributed by atoms with Gasteiger partial charge in [-0.05, 0) is 25.0 Å². The number of hydrogen-bond donors (Lipinski definition) is 2. The van der Waals surface area contributed by atoms with E-state index in [1.54, 1.807) is 25.4 Å². The van der Waals surface area contributed by atoms with Crippen LogP contribution in [-0.2, 0) is 0 Å². The molecular weight excluding hydrogens is 272 g/mol. The minimum atomic E-state index is -0.506. The number of amides is 1. The van der Waals surface area contributed by atoms with Crippen molar-refractivity contribution >= 4 is 11.6 Å². The lowest BCUT2D eigenvalue weighted by atomic mass is 10.1. The van der Waals surface area contributed by atoms with Crippen LogP contribution in [0, 0.1) is 17.0 Å². The molecule has 0 fully saturated rings. The molecule has 2 N–H and O–H groups in total. The summed E-state index contributed by atoms with van der Waals surface area (Å²) in [6.45, 7) is 3.64. The van der Waals surface area contributed by atoms with E-state index in [0.717, 1.165) is 0 Å². The first-order valence-corrected chi connectivity index (χ1v) is 6.57. The third-order valence-corrected chi connectivity index (χ3v) is 3.10. The molecule has 0 bridgehead atoms. The van der Waals surface area contributed by atoms with Crippen LogP contribution in [0.5, 0.6) is 0 Å². The molecule has 0 radical (unpaired) electrons.